The van der Waals surface area contributed by atoms with E-state index in [1.54, 1.807) is 24.8 Å². The van der Waals surface area contributed by atoms with E-state index in [2.05, 4.69) is 31.8 Å². The van der Waals surface area contributed by atoms with Crippen molar-refractivity contribution in [1.82, 2.24) is 24.8 Å². The van der Waals surface area contributed by atoms with E-state index in [9.17, 15) is 4.79 Å². The summed E-state index contributed by atoms with van der Waals surface area (Å²) in [6.45, 7) is 5.40. The van der Waals surface area contributed by atoms with Gasteiger partial charge >= 0.3 is 0 Å². The van der Waals surface area contributed by atoms with Crippen LogP contribution in [0.1, 0.15) is 28.0 Å². The molecule has 1 saturated heterocycles. The molecule has 136 valence electrons. The van der Waals surface area contributed by atoms with Gasteiger partial charge in [0.1, 0.15) is 12.1 Å². The van der Waals surface area contributed by atoms with E-state index < -0.39 is 0 Å². The number of hydrogen-bond acceptors (Lipinski definition) is 6. The molecule has 0 radical (unpaired) electrons. The zero-order valence-electron chi connectivity index (χ0n) is 15.1. The molecule has 0 bridgehead atoms. The predicted octanol–water partition coefficient (Wildman–Crippen LogP) is 1.21. The number of hydrogen-bond donors (Lipinski definition) is 0. The quantitative estimate of drug-likeness (QED) is 0.810. The first-order valence-electron chi connectivity index (χ1n) is 9.18. The van der Waals surface area contributed by atoms with Gasteiger partial charge in [-0.25, -0.2) is 9.97 Å². The molecule has 26 heavy (non-hydrogen) atoms. The van der Waals surface area contributed by atoms with Gasteiger partial charge < -0.3 is 14.7 Å². The normalized spacial score (nSPS) is 18.3. The smallest absolute Gasteiger partial charge is 0.255 e. The van der Waals surface area contributed by atoms with Crippen LogP contribution in [0.2, 0.25) is 0 Å². The summed E-state index contributed by atoms with van der Waals surface area (Å²) >= 11 is 0. The van der Waals surface area contributed by atoms with Gasteiger partial charge in [0.05, 0.1) is 17.8 Å². The zero-order chi connectivity index (χ0) is 17.9. The molecular weight excluding hydrogens is 328 g/mol. The maximum atomic E-state index is 12.7. The van der Waals surface area contributed by atoms with Crippen molar-refractivity contribution in [1.29, 1.82) is 0 Å². The Morgan fingerprint density at radius 2 is 2.04 bits per heavy atom. The lowest BCUT2D eigenvalue weighted by Crippen LogP contribution is -2.38. The van der Waals surface area contributed by atoms with Crippen LogP contribution in [0.5, 0.6) is 0 Å². The van der Waals surface area contributed by atoms with Crippen molar-refractivity contribution in [3.05, 3.63) is 47.7 Å². The second-order valence-corrected chi connectivity index (χ2v) is 6.98. The Hall–Kier alpha value is -2.54. The molecule has 7 heteroatoms. The zero-order valence-corrected chi connectivity index (χ0v) is 15.1. The predicted molar refractivity (Wildman–Crippen MR) is 99.0 cm³/mol. The number of pyridine rings is 1. The van der Waals surface area contributed by atoms with Gasteiger partial charge in [0.15, 0.2) is 0 Å². The summed E-state index contributed by atoms with van der Waals surface area (Å²) < 4.78 is 0. The highest BCUT2D eigenvalue weighted by molar-refractivity contribution is 5.94. The topological polar surface area (TPSA) is 65.5 Å². The Balaban J connectivity index is 1.54. The highest BCUT2D eigenvalue weighted by Gasteiger charge is 2.27. The minimum absolute atomic E-state index is 0.0142. The van der Waals surface area contributed by atoms with Gasteiger partial charge in [-0.1, -0.05) is 0 Å². The van der Waals surface area contributed by atoms with E-state index in [1.807, 2.05) is 11.0 Å². The Morgan fingerprint density at radius 3 is 2.88 bits per heavy atom. The van der Waals surface area contributed by atoms with Crippen LogP contribution in [0.25, 0.3) is 0 Å². The first-order valence-corrected chi connectivity index (χ1v) is 9.18. The van der Waals surface area contributed by atoms with Crippen LogP contribution >= 0.6 is 0 Å². The standard InChI is InChI=1S/C19H24N6O/c1-23-7-3-8-24(11-10-23)18-16-5-9-25(13-17(16)21-14-22-18)19(26)15-4-2-6-20-12-15/h2,4,6,12,14H,3,5,7-11,13H2,1H3. The van der Waals surface area contributed by atoms with Crippen molar-refractivity contribution in [3.63, 3.8) is 0 Å². The number of likely N-dealkylation sites (N-methyl/N-ethyl adjacent to an activating group) is 1. The number of amides is 1. The molecule has 2 aromatic rings. The lowest BCUT2D eigenvalue weighted by Gasteiger charge is -2.31. The maximum Gasteiger partial charge on any atom is 0.255 e. The molecular formula is C19H24N6O. The van der Waals surface area contributed by atoms with Crippen molar-refractivity contribution < 1.29 is 4.79 Å². The molecule has 4 heterocycles. The lowest BCUT2D eigenvalue weighted by atomic mass is 10.0. The molecule has 0 aromatic carbocycles. The number of anilines is 1. The molecule has 0 spiro atoms. The van der Waals surface area contributed by atoms with E-state index in [0.29, 0.717) is 18.7 Å². The summed E-state index contributed by atoms with van der Waals surface area (Å²) in [7, 11) is 2.17. The maximum absolute atomic E-state index is 12.7. The highest BCUT2D eigenvalue weighted by Crippen LogP contribution is 2.27. The fourth-order valence-corrected chi connectivity index (χ4v) is 3.71. The molecule has 7 nitrogen and oxygen atoms in total. The molecule has 0 unspecified atom stereocenters. The van der Waals surface area contributed by atoms with E-state index in [-0.39, 0.29) is 5.91 Å². The monoisotopic (exact) mass is 352 g/mol. The summed E-state index contributed by atoms with van der Waals surface area (Å²) in [4.78, 5) is 32.4. The van der Waals surface area contributed by atoms with Gasteiger partial charge in [-0.2, -0.15) is 0 Å². The average Bonchev–Trinajstić information content (AvgIpc) is 2.91. The van der Waals surface area contributed by atoms with Gasteiger partial charge in [-0.3, -0.25) is 9.78 Å². The van der Waals surface area contributed by atoms with E-state index in [4.69, 9.17) is 0 Å². The van der Waals surface area contributed by atoms with Crippen molar-refractivity contribution in [2.45, 2.75) is 19.4 Å². The third kappa shape index (κ3) is 3.39. The Kier molecular flexibility index (Phi) is 4.79. The van der Waals surface area contributed by atoms with E-state index in [0.717, 1.165) is 50.5 Å². The van der Waals surface area contributed by atoms with Gasteiger partial charge in [0.2, 0.25) is 0 Å². The number of rotatable bonds is 2. The average molecular weight is 352 g/mol. The number of carbonyl (C=O) groups excluding carboxylic acids is 1. The summed E-state index contributed by atoms with van der Waals surface area (Å²) in [6, 6.07) is 3.60. The summed E-state index contributed by atoms with van der Waals surface area (Å²) in [6.07, 6.45) is 6.88. The van der Waals surface area contributed by atoms with Crippen LogP contribution in [0, 0.1) is 0 Å². The van der Waals surface area contributed by atoms with E-state index >= 15 is 0 Å². The fraction of sp³-hybridized carbons (Fsp3) is 0.474. The molecule has 2 aliphatic heterocycles. The van der Waals surface area contributed by atoms with Crippen molar-refractivity contribution >= 4 is 11.7 Å². The van der Waals surface area contributed by atoms with Gasteiger partial charge in [-0.05, 0) is 38.6 Å². The highest BCUT2D eigenvalue weighted by atomic mass is 16.2. The van der Waals surface area contributed by atoms with Gasteiger partial charge in [0.25, 0.3) is 5.91 Å². The molecule has 2 aliphatic rings. The first-order chi connectivity index (χ1) is 12.7. The van der Waals surface area contributed by atoms with E-state index in [1.165, 1.54) is 5.56 Å². The Bertz CT molecular complexity index is 781. The SMILES string of the molecule is CN1CCCN(c2ncnc3c2CCN(C(=O)c2cccnc2)C3)CC1. The first kappa shape index (κ1) is 16.9. The molecule has 4 rings (SSSR count). The molecule has 0 saturated carbocycles. The lowest BCUT2D eigenvalue weighted by molar-refractivity contribution is 0.0731. The molecule has 1 amide bonds. The molecule has 1 fully saturated rings. The van der Waals surface area contributed by atoms with Crippen LogP contribution in [0.4, 0.5) is 5.82 Å². The van der Waals surface area contributed by atoms with Crippen molar-refractivity contribution in [2.75, 3.05) is 44.7 Å². The summed E-state index contributed by atoms with van der Waals surface area (Å²) in [5.41, 5.74) is 2.80. The molecule has 0 aliphatic carbocycles. The molecule has 2 aromatic heterocycles. The van der Waals surface area contributed by atoms with Crippen LogP contribution in [0.15, 0.2) is 30.9 Å². The Labute approximate surface area is 153 Å². The van der Waals surface area contributed by atoms with Gasteiger partial charge in [-0.15, -0.1) is 0 Å². The van der Waals surface area contributed by atoms with Crippen LogP contribution in [-0.4, -0.2) is 70.4 Å². The fourth-order valence-electron chi connectivity index (χ4n) is 3.71. The third-order valence-electron chi connectivity index (χ3n) is 5.20. The summed E-state index contributed by atoms with van der Waals surface area (Å²) in [5, 5.41) is 0. The molecule has 0 N–H and O–H groups in total. The largest absolute Gasteiger partial charge is 0.355 e. The number of fused-ring (bicyclic) bond motifs is 1. The minimum atomic E-state index is 0.0142. The summed E-state index contributed by atoms with van der Waals surface area (Å²) in [5.74, 6) is 1.07. The second-order valence-electron chi connectivity index (χ2n) is 6.98. The molecule has 0 atom stereocenters. The minimum Gasteiger partial charge on any atom is -0.355 e. The Morgan fingerprint density at radius 1 is 1.12 bits per heavy atom. The van der Waals surface area contributed by atoms with Crippen molar-refractivity contribution in [2.24, 2.45) is 0 Å². The number of nitrogens with zero attached hydrogens (tertiary/aromatic N) is 6. The second kappa shape index (κ2) is 7.37. The number of aromatic nitrogens is 3. The van der Waals surface area contributed by atoms with Gasteiger partial charge in [0, 0.05) is 44.1 Å². The van der Waals surface area contributed by atoms with Crippen LogP contribution in [0.3, 0.4) is 0 Å². The third-order valence-corrected chi connectivity index (χ3v) is 5.20. The van der Waals surface area contributed by atoms with Crippen LogP contribution < -0.4 is 4.90 Å². The van der Waals surface area contributed by atoms with Crippen molar-refractivity contribution in [3.8, 4) is 0 Å². The van der Waals surface area contributed by atoms with Crippen LogP contribution in [-0.2, 0) is 13.0 Å². The number of carbonyl (C=O) groups is 1.